The number of hydrogen-bond donors (Lipinski definition) is 1. The first-order valence-electron chi connectivity index (χ1n) is 5.13. The Labute approximate surface area is 90.7 Å². The fourth-order valence-electron chi connectivity index (χ4n) is 1.48. The molecule has 2 N–H and O–H groups in total. The molecule has 1 amide bonds. The number of rotatable bonds is 4. The Hall–Kier alpha value is -1.29. The van der Waals surface area contributed by atoms with Gasteiger partial charge in [0.1, 0.15) is 0 Å². The maximum Gasteiger partial charge on any atom is 0.223 e. The molecule has 1 atom stereocenters. The summed E-state index contributed by atoms with van der Waals surface area (Å²) in [5.41, 5.74) is 6.88. The van der Waals surface area contributed by atoms with Gasteiger partial charge in [-0.3, -0.25) is 4.79 Å². The Bertz CT molecular complexity index is 328. The van der Waals surface area contributed by atoms with Crippen molar-refractivity contribution in [2.45, 2.75) is 25.9 Å². The average molecular weight is 209 g/mol. The van der Waals surface area contributed by atoms with Crippen molar-refractivity contribution in [1.29, 1.82) is 0 Å². The highest BCUT2D eigenvalue weighted by molar-refractivity contribution is 5.75. The number of nitrogens with two attached hydrogens (primary N) is 1. The normalized spacial score (nSPS) is 12.5. The zero-order valence-electron chi connectivity index (χ0n) is 9.60. The third kappa shape index (κ3) is 3.09. The lowest BCUT2D eigenvalue weighted by atomic mass is 10.2. The summed E-state index contributed by atoms with van der Waals surface area (Å²) < 4.78 is 2.03. The molecule has 0 bridgehead atoms. The number of carbonyl (C=O) groups excluding carboxylic acids is 1. The van der Waals surface area contributed by atoms with E-state index >= 15 is 0 Å². The van der Waals surface area contributed by atoms with Gasteiger partial charge >= 0.3 is 0 Å². The van der Waals surface area contributed by atoms with Crippen LogP contribution >= 0.6 is 0 Å². The van der Waals surface area contributed by atoms with Crippen LogP contribution < -0.4 is 5.73 Å². The third-order valence-electron chi connectivity index (χ3n) is 2.40. The molecule has 0 aliphatic rings. The molecule has 84 valence electrons. The first-order valence-corrected chi connectivity index (χ1v) is 5.13. The third-order valence-corrected chi connectivity index (χ3v) is 2.40. The van der Waals surface area contributed by atoms with Gasteiger partial charge in [0.05, 0.1) is 0 Å². The number of amides is 1. The van der Waals surface area contributed by atoms with Crippen molar-refractivity contribution in [3.05, 3.63) is 24.0 Å². The van der Waals surface area contributed by atoms with Crippen LogP contribution in [0.4, 0.5) is 0 Å². The predicted octanol–water partition coefficient (Wildman–Crippen LogP) is 0.986. The van der Waals surface area contributed by atoms with Gasteiger partial charge in [0.15, 0.2) is 0 Å². The molecule has 4 heteroatoms. The second kappa shape index (κ2) is 4.98. The Morgan fingerprint density at radius 1 is 1.60 bits per heavy atom. The summed E-state index contributed by atoms with van der Waals surface area (Å²) in [5, 5.41) is 0. The summed E-state index contributed by atoms with van der Waals surface area (Å²) in [4.78, 5) is 13.0. The highest BCUT2D eigenvalue weighted by Crippen LogP contribution is 2.11. The number of hydrogen-bond acceptors (Lipinski definition) is 2. The number of nitrogens with zero attached hydrogens (tertiary/aromatic N) is 2. The van der Waals surface area contributed by atoms with E-state index in [0.29, 0.717) is 13.0 Å². The van der Waals surface area contributed by atoms with E-state index in [0.717, 1.165) is 5.69 Å². The van der Waals surface area contributed by atoms with Gasteiger partial charge < -0.3 is 15.2 Å². The molecule has 1 aromatic rings. The predicted molar refractivity (Wildman–Crippen MR) is 60.3 cm³/mol. The minimum absolute atomic E-state index is 0.00876. The van der Waals surface area contributed by atoms with E-state index < -0.39 is 0 Å². The smallest absolute Gasteiger partial charge is 0.223 e. The monoisotopic (exact) mass is 209 g/mol. The molecule has 0 aliphatic heterocycles. The molecule has 0 saturated heterocycles. The fourth-order valence-corrected chi connectivity index (χ4v) is 1.48. The summed E-state index contributed by atoms with van der Waals surface area (Å²) in [7, 11) is 3.54. The van der Waals surface area contributed by atoms with E-state index in [-0.39, 0.29) is 11.9 Å². The molecular formula is C11H19N3O. The van der Waals surface area contributed by atoms with Crippen molar-refractivity contribution < 1.29 is 4.79 Å². The van der Waals surface area contributed by atoms with Crippen LogP contribution in [0.3, 0.4) is 0 Å². The zero-order valence-corrected chi connectivity index (χ0v) is 9.60. The highest BCUT2D eigenvalue weighted by atomic mass is 16.2. The van der Waals surface area contributed by atoms with Crippen molar-refractivity contribution in [1.82, 2.24) is 9.47 Å². The fraction of sp³-hybridized carbons (Fsp3) is 0.545. The first-order chi connectivity index (χ1) is 7.02. The SMILES string of the molecule is CC(N)c1cccn1CCC(=O)N(C)C. The summed E-state index contributed by atoms with van der Waals surface area (Å²) in [6, 6.07) is 3.96. The molecule has 0 spiro atoms. The maximum absolute atomic E-state index is 11.4. The van der Waals surface area contributed by atoms with Crippen LogP contribution in [0.15, 0.2) is 18.3 Å². The number of aromatic nitrogens is 1. The molecular weight excluding hydrogens is 190 g/mol. The standard InChI is InChI=1S/C11H19N3O/c1-9(12)10-5-4-7-14(10)8-6-11(15)13(2)3/h4-5,7,9H,6,8,12H2,1-3H3. The molecule has 1 unspecified atom stereocenters. The lowest BCUT2D eigenvalue weighted by Gasteiger charge is -2.14. The molecule has 15 heavy (non-hydrogen) atoms. The van der Waals surface area contributed by atoms with Gasteiger partial charge in [-0.05, 0) is 19.1 Å². The van der Waals surface area contributed by atoms with Crippen LogP contribution in [0.2, 0.25) is 0 Å². The van der Waals surface area contributed by atoms with Crippen molar-refractivity contribution in [2.24, 2.45) is 5.73 Å². The molecule has 1 aromatic heterocycles. The van der Waals surface area contributed by atoms with E-state index in [9.17, 15) is 4.79 Å². The van der Waals surface area contributed by atoms with E-state index in [1.54, 1.807) is 19.0 Å². The van der Waals surface area contributed by atoms with E-state index in [4.69, 9.17) is 5.73 Å². The van der Waals surface area contributed by atoms with Gasteiger partial charge in [0.2, 0.25) is 5.91 Å². The first kappa shape index (κ1) is 11.8. The maximum atomic E-state index is 11.4. The largest absolute Gasteiger partial charge is 0.349 e. The van der Waals surface area contributed by atoms with Gasteiger partial charge in [-0.2, -0.15) is 0 Å². The van der Waals surface area contributed by atoms with Crippen molar-refractivity contribution in [3.8, 4) is 0 Å². The Morgan fingerprint density at radius 2 is 2.27 bits per heavy atom. The highest BCUT2D eigenvalue weighted by Gasteiger charge is 2.08. The Morgan fingerprint density at radius 3 is 2.80 bits per heavy atom. The number of aryl methyl sites for hydroxylation is 1. The summed E-state index contributed by atoms with van der Waals surface area (Å²) in [6.07, 6.45) is 2.48. The molecule has 4 nitrogen and oxygen atoms in total. The quantitative estimate of drug-likeness (QED) is 0.804. The lowest BCUT2D eigenvalue weighted by Crippen LogP contribution is -2.23. The van der Waals surface area contributed by atoms with Gasteiger partial charge in [0, 0.05) is 45.0 Å². The van der Waals surface area contributed by atoms with Crippen LogP contribution in [0, 0.1) is 0 Å². The second-order valence-corrected chi connectivity index (χ2v) is 3.95. The summed E-state index contributed by atoms with van der Waals surface area (Å²) in [6.45, 7) is 2.64. The van der Waals surface area contributed by atoms with Crippen molar-refractivity contribution in [3.63, 3.8) is 0 Å². The molecule has 0 saturated carbocycles. The van der Waals surface area contributed by atoms with Crippen LogP contribution in [0.5, 0.6) is 0 Å². The Balaban J connectivity index is 2.58. The van der Waals surface area contributed by atoms with Gasteiger partial charge in [-0.25, -0.2) is 0 Å². The molecule has 0 aliphatic carbocycles. The minimum Gasteiger partial charge on any atom is -0.349 e. The van der Waals surface area contributed by atoms with Crippen molar-refractivity contribution >= 4 is 5.91 Å². The molecule has 0 radical (unpaired) electrons. The number of carbonyl (C=O) groups is 1. The Kier molecular flexibility index (Phi) is 3.91. The molecule has 0 aromatic carbocycles. The lowest BCUT2D eigenvalue weighted by molar-refractivity contribution is -0.128. The van der Waals surface area contributed by atoms with Gasteiger partial charge in [-0.1, -0.05) is 0 Å². The van der Waals surface area contributed by atoms with Crippen LogP contribution in [-0.4, -0.2) is 29.5 Å². The van der Waals surface area contributed by atoms with E-state index in [1.165, 1.54) is 0 Å². The van der Waals surface area contributed by atoms with Crippen LogP contribution in [-0.2, 0) is 11.3 Å². The van der Waals surface area contributed by atoms with Crippen molar-refractivity contribution in [2.75, 3.05) is 14.1 Å². The molecule has 1 heterocycles. The summed E-state index contributed by atoms with van der Waals surface area (Å²) in [5.74, 6) is 0.138. The summed E-state index contributed by atoms with van der Waals surface area (Å²) >= 11 is 0. The zero-order chi connectivity index (χ0) is 11.4. The van der Waals surface area contributed by atoms with Gasteiger partial charge in [0.25, 0.3) is 0 Å². The van der Waals surface area contributed by atoms with Crippen LogP contribution in [0.1, 0.15) is 25.1 Å². The second-order valence-electron chi connectivity index (χ2n) is 3.95. The molecule has 1 rings (SSSR count). The molecule has 0 fully saturated rings. The average Bonchev–Trinajstić information content (AvgIpc) is 2.61. The van der Waals surface area contributed by atoms with E-state index in [1.807, 2.05) is 29.8 Å². The topological polar surface area (TPSA) is 51.3 Å². The minimum atomic E-state index is 0.00876. The van der Waals surface area contributed by atoms with E-state index in [2.05, 4.69) is 0 Å². The van der Waals surface area contributed by atoms with Gasteiger partial charge in [-0.15, -0.1) is 0 Å². The van der Waals surface area contributed by atoms with Crippen LogP contribution in [0.25, 0.3) is 0 Å².